The normalized spacial score (nSPS) is 10.2. The van der Waals surface area contributed by atoms with E-state index in [1.54, 1.807) is 29.2 Å². The molecular weight excluding hydrogens is 295 g/mol. The largest absolute Gasteiger partial charge is 0.339 e. The second-order valence-electron chi connectivity index (χ2n) is 5.02. The number of nitrogens with one attached hydrogen (secondary N) is 1. The third-order valence-electron chi connectivity index (χ3n) is 3.52. The molecule has 2 aromatic carbocycles. The molecule has 0 spiro atoms. The smallest absolute Gasteiger partial charge is 0.255 e. The summed E-state index contributed by atoms with van der Waals surface area (Å²) in [5.74, 6) is -0.821. The van der Waals surface area contributed by atoms with Crippen molar-refractivity contribution in [3.05, 3.63) is 65.5 Å². The van der Waals surface area contributed by atoms with Gasteiger partial charge in [0.05, 0.1) is 0 Å². The van der Waals surface area contributed by atoms with Gasteiger partial charge in [-0.3, -0.25) is 9.59 Å². The van der Waals surface area contributed by atoms with E-state index in [4.69, 9.17) is 0 Å². The van der Waals surface area contributed by atoms with Gasteiger partial charge < -0.3 is 10.2 Å². The molecule has 0 atom stereocenters. The van der Waals surface area contributed by atoms with Crippen molar-refractivity contribution in [2.24, 2.45) is 0 Å². The minimum Gasteiger partial charge on any atom is -0.339 e. The van der Waals surface area contributed by atoms with Crippen LogP contribution in [0.3, 0.4) is 0 Å². The molecule has 23 heavy (non-hydrogen) atoms. The van der Waals surface area contributed by atoms with E-state index in [-0.39, 0.29) is 11.8 Å². The zero-order valence-electron chi connectivity index (χ0n) is 13.2. The zero-order chi connectivity index (χ0) is 16.8. The molecule has 0 aliphatic carbocycles. The highest BCUT2D eigenvalue weighted by molar-refractivity contribution is 6.05. The van der Waals surface area contributed by atoms with Gasteiger partial charge in [0.15, 0.2) is 0 Å². The number of nitrogens with zero attached hydrogens (tertiary/aromatic N) is 1. The van der Waals surface area contributed by atoms with E-state index in [1.165, 1.54) is 24.3 Å². The van der Waals surface area contributed by atoms with Crippen molar-refractivity contribution in [3.8, 4) is 0 Å². The van der Waals surface area contributed by atoms with Crippen LogP contribution in [0.4, 0.5) is 10.1 Å². The number of halogens is 1. The van der Waals surface area contributed by atoms with Crippen LogP contribution in [0.2, 0.25) is 0 Å². The van der Waals surface area contributed by atoms with Crippen LogP contribution in [0.15, 0.2) is 48.5 Å². The first-order chi connectivity index (χ1) is 11.0. The molecule has 4 nitrogen and oxygen atoms in total. The molecular formula is C18H19FN2O2. The summed E-state index contributed by atoms with van der Waals surface area (Å²) in [5, 5.41) is 2.72. The summed E-state index contributed by atoms with van der Waals surface area (Å²) in [7, 11) is 0. The number of rotatable bonds is 5. The summed E-state index contributed by atoms with van der Waals surface area (Å²) in [6, 6.07) is 12.1. The Morgan fingerprint density at radius 3 is 2.26 bits per heavy atom. The highest BCUT2D eigenvalue weighted by atomic mass is 19.1. The number of carbonyl (C=O) groups is 2. The molecule has 0 aliphatic heterocycles. The first-order valence-corrected chi connectivity index (χ1v) is 7.51. The molecule has 0 saturated carbocycles. The van der Waals surface area contributed by atoms with Crippen LogP contribution in [0.25, 0.3) is 0 Å². The number of benzene rings is 2. The Balaban J connectivity index is 2.15. The van der Waals surface area contributed by atoms with Gasteiger partial charge in [-0.2, -0.15) is 0 Å². The molecule has 2 amide bonds. The van der Waals surface area contributed by atoms with E-state index in [0.29, 0.717) is 29.9 Å². The Bertz CT molecular complexity index is 694. The summed E-state index contributed by atoms with van der Waals surface area (Å²) < 4.78 is 12.9. The molecule has 0 bridgehead atoms. The highest BCUT2D eigenvalue weighted by Gasteiger charge is 2.13. The fraction of sp³-hybridized carbons (Fsp3) is 0.222. The van der Waals surface area contributed by atoms with Crippen LogP contribution < -0.4 is 5.32 Å². The van der Waals surface area contributed by atoms with Crippen molar-refractivity contribution < 1.29 is 14.0 Å². The number of amides is 2. The molecule has 5 heteroatoms. The second-order valence-corrected chi connectivity index (χ2v) is 5.02. The summed E-state index contributed by atoms with van der Waals surface area (Å²) >= 11 is 0. The molecule has 0 fully saturated rings. The van der Waals surface area contributed by atoms with Crippen molar-refractivity contribution >= 4 is 17.5 Å². The minimum atomic E-state index is -0.395. The van der Waals surface area contributed by atoms with E-state index < -0.39 is 5.82 Å². The second kappa shape index (κ2) is 7.54. The zero-order valence-corrected chi connectivity index (χ0v) is 13.2. The standard InChI is InChI=1S/C18H19FN2O2/c1-3-21(4-2)18(23)14-6-5-7-16(12-14)20-17(22)13-8-10-15(19)11-9-13/h5-12H,3-4H2,1-2H3,(H,20,22). The van der Waals surface area contributed by atoms with Crippen LogP contribution in [0.5, 0.6) is 0 Å². The Hall–Kier alpha value is -2.69. The van der Waals surface area contributed by atoms with Crippen LogP contribution >= 0.6 is 0 Å². The summed E-state index contributed by atoms with van der Waals surface area (Å²) in [5.41, 5.74) is 1.40. The summed E-state index contributed by atoms with van der Waals surface area (Å²) in [6.07, 6.45) is 0. The maximum absolute atomic E-state index is 12.9. The number of anilines is 1. The molecule has 1 N–H and O–H groups in total. The molecule has 0 heterocycles. The maximum atomic E-state index is 12.9. The Labute approximate surface area is 134 Å². The predicted molar refractivity (Wildman–Crippen MR) is 88.0 cm³/mol. The number of hydrogen-bond acceptors (Lipinski definition) is 2. The number of carbonyl (C=O) groups excluding carboxylic acids is 2. The van der Waals surface area contributed by atoms with E-state index in [9.17, 15) is 14.0 Å². The SMILES string of the molecule is CCN(CC)C(=O)c1cccc(NC(=O)c2ccc(F)cc2)c1. The monoisotopic (exact) mass is 314 g/mol. The molecule has 0 saturated heterocycles. The van der Waals surface area contributed by atoms with Crippen LogP contribution in [0.1, 0.15) is 34.6 Å². The molecule has 2 aromatic rings. The van der Waals surface area contributed by atoms with Gasteiger partial charge in [-0.25, -0.2) is 4.39 Å². The lowest BCUT2D eigenvalue weighted by Crippen LogP contribution is -2.30. The lowest BCUT2D eigenvalue weighted by molar-refractivity contribution is 0.0772. The van der Waals surface area contributed by atoms with Crippen LogP contribution in [-0.2, 0) is 0 Å². The fourth-order valence-electron chi connectivity index (χ4n) is 2.23. The van der Waals surface area contributed by atoms with Gasteiger partial charge in [-0.15, -0.1) is 0 Å². The fourth-order valence-corrected chi connectivity index (χ4v) is 2.23. The van der Waals surface area contributed by atoms with Gasteiger partial charge in [0, 0.05) is 29.9 Å². The molecule has 0 unspecified atom stereocenters. The molecule has 0 aliphatic rings. The molecule has 120 valence electrons. The Kier molecular flexibility index (Phi) is 5.46. The molecule has 2 rings (SSSR count). The maximum Gasteiger partial charge on any atom is 0.255 e. The lowest BCUT2D eigenvalue weighted by atomic mass is 10.1. The van der Waals surface area contributed by atoms with Crippen molar-refractivity contribution in [2.75, 3.05) is 18.4 Å². The Morgan fingerprint density at radius 2 is 1.65 bits per heavy atom. The number of hydrogen-bond donors (Lipinski definition) is 1. The van der Waals surface area contributed by atoms with E-state index in [1.807, 2.05) is 13.8 Å². The van der Waals surface area contributed by atoms with Gasteiger partial charge in [-0.1, -0.05) is 6.07 Å². The Morgan fingerprint density at radius 1 is 1.00 bits per heavy atom. The van der Waals surface area contributed by atoms with Crippen molar-refractivity contribution in [2.45, 2.75) is 13.8 Å². The summed E-state index contributed by atoms with van der Waals surface area (Å²) in [4.78, 5) is 26.2. The van der Waals surface area contributed by atoms with E-state index >= 15 is 0 Å². The van der Waals surface area contributed by atoms with Gasteiger partial charge in [0.25, 0.3) is 11.8 Å². The minimum absolute atomic E-state index is 0.0760. The van der Waals surface area contributed by atoms with E-state index in [0.717, 1.165) is 0 Å². The van der Waals surface area contributed by atoms with Crippen LogP contribution in [-0.4, -0.2) is 29.8 Å². The molecule has 0 radical (unpaired) electrons. The van der Waals surface area contributed by atoms with Gasteiger partial charge in [-0.05, 0) is 56.3 Å². The van der Waals surface area contributed by atoms with Gasteiger partial charge >= 0.3 is 0 Å². The quantitative estimate of drug-likeness (QED) is 0.917. The average Bonchev–Trinajstić information content (AvgIpc) is 2.56. The molecule has 0 aromatic heterocycles. The predicted octanol–water partition coefficient (Wildman–Crippen LogP) is 3.56. The van der Waals surface area contributed by atoms with Gasteiger partial charge in [0.2, 0.25) is 0 Å². The van der Waals surface area contributed by atoms with Gasteiger partial charge in [0.1, 0.15) is 5.82 Å². The van der Waals surface area contributed by atoms with E-state index in [2.05, 4.69) is 5.32 Å². The van der Waals surface area contributed by atoms with Crippen molar-refractivity contribution in [3.63, 3.8) is 0 Å². The highest BCUT2D eigenvalue weighted by Crippen LogP contribution is 2.14. The summed E-state index contributed by atoms with van der Waals surface area (Å²) in [6.45, 7) is 5.09. The average molecular weight is 314 g/mol. The third-order valence-corrected chi connectivity index (χ3v) is 3.52. The topological polar surface area (TPSA) is 49.4 Å². The third kappa shape index (κ3) is 4.16. The van der Waals surface area contributed by atoms with Crippen molar-refractivity contribution in [1.82, 2.24) is 4.90 Å². The lowest BCUT2D eigenvalue weighted by Gasteiger charge is -2.19. The van der Waals surface area contributed by atoms with Crippen LogP contribution in [0, 0.1) is 5.82 Å². The first kappa shape index (κ1) is 16.7. The van der Waals surface area contributed by atoms with Crippen molar-refractivity contribution in [1.29, 1.82) is 0 Å². The first-order valence-electron chi connectivity index (χ1n) is 7.51.